The molecule has 2 nitrogen and oxygen atoms in total. The van der Waals surface area contributed by atoms with Gasteiger partial charge in [0.1, 0.15) is 5.65 Å². The van der Waals surface area contributed by atoms with Gasteiger partial charge in [0.25, 0.3) is 0 Å². The summed E-state index contributed by atoms with van der Waals surface area (Å²) >= 11 is 0. The Kier molecular flexibility index (Phi) is 3.51. The Hall–Kier alpha value is -1.31. The zero-order chi connectivity index (χ0) is 16.2. The molecule has 0 fully saturated rings. The minimum Gasteiger partial charge on any atom is -0.327 e. The molecule has 0 N–H and O–H groups in total. The van der Waals surface area contributed by atoms with E-state index in [9.17, 15) is 0 Å². The fourth-order valence-electron chi connectivity index (χ4n) is 2.86. The van der Waals surface area contributed by atoms with E-state index in [2.05, 4.69) is 79.1 Å². The van der Waals surface area contributed by atoms with Crippen LogP contribution in [0.5, 0.6) is 0 Å². The zero-order valence-corrected chi connectivity index (χ0v) is 15.1. The number of rotatable bonds is 0. The number of pyridine rings is 1. The lowest BCUT2D eigenvalue weighted by molar-refractivity contribution is 0.406. The van der Waals surface area contributed by atoms with Crippen LogP contribution in [-0.2, 0) is 16.4 Å². The second-order valence-corrected chi connectivity index (χ2v) is 9.14. The Labute approximate surface area is 129 Å². The highest BCUT2D eigenvalue weighted by Crippen LogP contribution is 2.39. The Balaban J connectivity index is 2.97. The Morgan fingerprint density at radius 1 is 0.810 bits per heavy atom. The molecule has 0 saturated carbocycles. The summed E-state index contributed by atoms with van der Waals surface area (Å²) in [4.78, 5) is 4.72. The summed E-state index contributed by atoms with van der Waals surface area (Å²) in [5, 5.41) is 1.34. The maximum atomic E-state index is 4.72. The molecule has 0 aliphatic heterocycles. The summed E-state index contributed by atoms with van der Waals surface area (Å²) in [5.74, 6) is 0. The van der Waals surface area contributed by atoms with Crippen LogP contribution in [-0.4, -0.2) is 9.55 Å². The smallest absolute Gasteiger partial charge is 0.140 e. The molecular weight excluding hydrogens is 256 g/mol. The lowest BCUT2D eigenvalue weighted by Gasteiger charge is -2.24. The Bertz CT molecular complexity index is 656. The molecule has 2 aromatic rings. The van der Waals surface area contributed by atoms with E-state index >= 15 is 0 Å². The first-order chi connectivity index (χ1) is 9.33. The second-order valence-electron chi connectivity index (χ2n) is 9.14. The maximum Gasteiger partial charge on any atom is 0.140 e. The first kappa shape index (κ1) is 16.1. The molecule has 0 saturated heterocycles. The van der Waals surface area contributed by atoms with Gasteiger partial charge < -0.3 is 4.57 Å². The fourth-order valence-corrected chi connectivity index (χ4v) is 2.86. The van der Waals surface area contributed by atoms with E-state index in [0.717, 1.165) is 5.65 Å². The molecule has 2 aromatic heterocycles. The van der Waals surface area contributed by atoms with Gasteiger partial charge in [0.15, 0.2) is 0 Å². The molecule has 0 aliphatic carbocycles. The van der Waals surface area contributed by atoms with Gasteiger partial charge in [-0.05, 0) is 48.8 Å². The number of aromatic nitrogens is 2. The van der Waals surface area contributed by atoms with Crippen molar-refractivity contribution in [3.05, 3.63) is 29.6 Å². The third kappa shape index (κ3) is 2.86. The SMILES string of the molecule is CC(C)(C)c1ccnc2c1c(C(C)(C)C)cn2C(C)(C)C. The minimum absolute atomic E-state index is 0.0330. The average molecular weight is 286 g/mol. The standard InChI is InChI=1S/C19H30N2/c1-17(2,3)13-10-11-20-16-15(13)14(18(4,5)6)12-21(16)19(7,8)9/h10-12H,1-9H3. The zero-order valence-electron chi connectivity index (χ0n) is 15.1. The molecule has 0 bridgehead atoms. The number of nitrogens with zero attached hydrogens (tertiary/aromatic N) is 2. The lowest BCUT2D eigenvalue weighted by atomic mass is 9.80. The molecule has 0 amide bonds. The van der Waals surface area contributed by atoms with Crippen LogP contribution >= 0.6 is 0 Å². The van der Waals surface area contributed by atoms with Crippen molar-refractivity contribution in [2.24, 2.45) is 0 Å². The molecule has 116 valence electrons. The van der Waals surface area contributed by atoms with Gasteiger partial charge in [-0.2, -0.15) is 0 Å². The first-order valence-corrected chi connectivity index (χ1v) is 7.85. The van der Waals surface area contributed by atoms with Crippen LogP contribution in [0.1, 0.15) is 73.4 Å². The Morgan fingerprint density at radius 3 is 1.76 bits per heavy atom. The normalized spacial score (nSPS) is 14.0. The van der Waals surface area contributed by atoms with Crippen LogP contribution in [0.25, 0.3) is 11.0 Å². The van der Waals surface area contributed by atoms with Crippen molar-refractivity contribution in [2.45, 2.75) is 78.7 Å². The van der Waals surface area contributed by atoms with Crippen molar-refractivity contribution in [2.75, 3.05) is 0 Å². The molecule has 0 unspecified atom stereocenters. The van der Waals surface area contributed by atoms with Gasteiger partial charge in [0.05, 0.1) is 0 Å². The van der Waals surface area contributed by atoms with E-state index in [1.165, 1.54) is 16.5 Å². The summed E-state index contributed by atoms with van der Waals surface area (Å²) < 4.78 is 2.33. The van der Waals surface area contributed by atoms with Gasteiger partial charge in [-0.15, -0.1) is 0 Å². The largest absolute Gasteiger partial charge is 0.327 e. The molecule has 0 aromatic carbocycles. The summed E-state index contributed by atoms with van der Waals surface area (Å²) in [7, 11) is 0. The molecule has 0 atom stereocenters. The van der Waals surface area contributed by atoms with Gasteiger partial charge >= 0.3 is 0 Å². The van der Waals surface area contributed by atoms with Crippen LogP contribution in [0.4, 0.5) is 0 Å². The highest BCUT2D eigenvalue weighted by molar-refractivity contribution is 5.86. The minimum atomic E-state index is 0.0330. The van der Waals surface area contributed by atoms with Crippen molar-refractivity contribution < 1.29 is 0 Å². The highest BCUT2D eigenvalue weighted by Gasteiger charge is 2.29. The molecule has 21 heavy (non-hydrogen) atoms. The van der Waals surface area contributed by atoms with Crippen molar-refractivity contribution in [1.29, 1.82) is 0 Å². The Morgan fingerprint density at radius 2 is 1.33 bits per heavy atom. The van der Waals surface area contributed by atoms with Crippen molar-refractivity contribution >= 4 is 11.0 Å². The maximum absolute atomic E-state index is 4.72. The first-order valence-electron chi connectivity index (χ1n) is 7.85. The summed E-state index contributed by atoms with van der Waals surface area (Å²) in [6, 6.07) is 2.19. The molecule has 0 aliphatic rings. The molecule has 2 heteroatoms. The van der Waals surface area contributed by atoms with Crippen LogP contribution in [0.15, 0.2) is 18.5 Å². The number of fused-ring (bicyclic) bond motifs is 1. The van der Waals surface area contributed by atoms with Crippen molar-refractivity contribution in [3.63, 3.8) is 0 Å². The molecule has 0 radical (unpaired) electrons. The summed E-state index contributed by atoms with van der Waals surface area (Å²) in [5.41, 5.74) is 4.15. The van der Waals surface area contributed by atoms with E-state index in [1.54, 1.807) is 0 Å². The number of hydrogen-bond acceptors (Lipinski definition) is 1. The van der Waals surface area contributed by atoms with E-state index in [4.69, 9.17) is 4.98 Å². The number of hydrogen-bond donors (Lipinski definition) is 0. The third-order valence-electron chi connectivity index (χ3n) is 4.03. The van der Waals surface area contributed by atoms with E-state index in [0.29, 0.717) is 0 Å². The second kappa shape index (κ2) is 4.59. The predicted octanol–water partition coefficient (Wildman–Crippen LogP) is 5.39. The third-order valence-corrected chi connectivity index (χ3v) is 4.03. The lowest BCUT2D eigenvalue weighted by Crippen LogP contribution is -2.21. The molecule has 2 rings (SSSR count). The highest BCUT2D eigenvalue weighted by atomic mass is 15.1. The summed E-state index contributed by atoms with van der Waals surface area (Å²) in [6.45, 7) is 20.4. The monoisotopic (exact) mass is 286 g/mol. The topological polar surface area (TPSA) is 17.8 Å². The van der Waals surface area contributed by atoms with Crippen molar-refractivity contribution in [3.8, 4) is 0 Å². The van der Waals surface area contributed by atoms with Gasteiger partial charge in [0, 0.05) is 23.3 Å². The molecule has 0 spiro atoms. The molecule has 2 heterocycles. The van der Waals surface area contributed by atoms with E-state index < -0.39 is 0 Å². The van der Waals surface area contributed by atoms with Gasteiger partial charge in [-0.1, -0.05) is 41.5 Å². The van der Waals surface area contributed by atoms with Crippen LogP contribution < -0.4 is 0 Å². The van der Waals surface area contributed by atoms with Gasteiger partial charge in [0.2, 0.25) is 0 Å². The summed E-state index contributed by atoms with van der Waals surface area (Å²) in [6.07, 6.45) is 4.27. The quantitative estimate of drug-likeness (QED) is 0.635. The average Bonchev–Trinajstić information content (AvgIpc) is 2.65. The van der Waals surface area contributed by atoms with E-state index in [1.807, 2.05) is 6.20 Å². The van der Waals surface area contributed by atoms with Crippen LogP contribution in [0.2, 0.25) is 0 Å². The fraction of sp³-hybridized carbons (Fsp3) is 0.632. The van der Waals surface area contributed by atoms with Gasteiger partial charge in [-0.25, -0.2) is 4.98 Å². The molecular formula is C19H30N2. The van der Waals surface area contributed by atoms with E-state index in [-0.39, 0.29) is 16.4 Å². The van der Waals surface area contributed by atoms with Crippen LogP contribution in [0, 0.1) is 0 Å². The van der Waals surface area contributed by atoms with Crippen molar-refractivity contribution in [1.82, 2.24) is 9.55 Å². The van der Waals surface area contributed by atoms with Crippen LogP contribution in [0.3, 0.4) is 0 Å². The van der Waals surface area contributed by atoms with Gasteiger partial charge in [-0.3, -0.25) is 0 Å². The predicted molar refractivity (Wildman–Crippen MR) is 92.1 cm³/mol.